The average Bonchev–Trinajstić information content (AvgIpc) is 3.00. The first kappa shape index (κ1) is 17.9. The number of carbonyl (C=O) groups excluding carboxylic acids is 2. The highest BCUT2D eigenvalue weighted by Gasteiger charge is 2.29. The lowest BCUT2D eigenvalue weighted by atomic mass is 10.2. The second kappa shape index (κ2) is 6.80. The minimum absolute atomic E-state index is 0.0446. The highest BCUT2D eigenvalue weighted by atomic mass is 79.9. The third-order valence-corrected chi connectivity index (χ3v) is 6.33. The van der Waals surface area contributed by atoms with E-state index in [1.165, 1.54) is 4.90 Å². The van der Waals surface area contributed by atoms with E-state index in [2.05, 4.69) is 21.2 Å². The quantitative estimate of drug-likeness (QED) is 0.799. The van der Waals surface area contributed by atoms with E-state index in [0.29, 0.717) is 5.58 Å². The third-order valence-electron chi connectivity index (χ3n) is 4.09. The van der Waals surface area contributed by atoms with Gasteiger partial charge in [-0.2, -0.15) is 0 Å². The van der Waals surface area contributed by atoms with Gasteiger partial charge in [0.05, 0.1) is 16.0 Å². The summed E-state index contributed by atoms with van der Waals surface area (Å²) in [7, 11) is -3.06. The van der Waals surface area contributed by atoms with Crippen LogP contribution in [0.1, 0.15) is 17.5 Å². The number of nitrogens with zero attached hydrogens (tertiary/aromatic N) is 1. The lowest BCUT2D eigenvalue weighted by molar-refractivity contribution is -0.132. The number of fused-ring (bicyclic) bond motifs is 1. The fraction of sp³-hybridized carbons (Fsp3) is 0.375. The molecule has 0 bridgehead atoms. The Morgan fingerprint density at radius 3 is 2.60 bits per heavy atom. The molecule has 134 valence electrons. The molecule has 1 N–H and O–H groups in total. The summed E-state index contributed by atoms with van der Waals surface area (Å²) in [6, 6.07) is 6.30. The minimum atomic E-state index is -3.06. The largest absolute Gasteiger partial charge is 0.450 e. The standard InChI is InChI=1S/C16H17BrN2O5S/c1-10(16(21)19-5-7-25(22,23)8-6-19)18-15(20)13-9-11-3-2-4-12(17)14(11)24-13/h2-4,9-10H,5-8H2,1H3,(H,18,20). The molecule has 1 aliphatic heterocycles. The van der Waals surface area contributed by atoms with E-state index in [1.54, 1.807) is 13.0 Å². The van der Waals surface area contributed by atoms with Crippen molar-refractivity contribution < 1.29 is 22.4 Å². The molecule has 0 saturated carbocycles. The summed E-state index contributed by atoms with van der Waals surface area (Å²) in [6.07, 6.45) is 0. The third kappa shape index (κ3) is 3.87. The molecule has 1 atom stereocenters. The van der Waals surface area contributed by atoms with Gasteiger partial charge in [0.25, 0.3) is 5.91 Å². The SMILES string of the molecule is CC(NC(=O)c1cc2cccc(Br)c2o1)C(=O)N1CCS(=O)(=O)CC1. The molecule has 25 heavy (non-hydrogen) atoms. The van der Waals surface area contributed by atoms with Crippen LogP contribution >= 0.6 is 15.9 Å². The Bertz CT molecular complexity index is 923. The smallest absolute Gasteiger partial charge is 0.287 e. The summed E-state index contributed by atoms with van der Waals surface area (Å²) in [4.78, 5) is 26.2. The highest BCUT2D eigenvalue weighted by molar-refractivity contribution is 9.10. The molecule has 2 amide bonds. The first-order valence-corrected chi connectivity index (χ1v) is 10.4. The molecular weight excluding hydrogens is 412 g/mol. The molecule has 1 unspecified atom stereocenters. The average molecular weight is 429 g/mol. The van der Waals surface area contributed by atoms with Gasteiger partial charge in [-0.15, -0.1) is 0 Å². The van der Waals surface area contributed by atoms with E-state index in [9.17, 15) is 18.0 Å². The molecule has 3 rings (SSSR count). The van der Waals surface area contributed by atoms with E-state index in [4.69, 9.17) is 4.42 Å². The predicted molar refractivity (Wildman–Crippen MR) is 96.1 cm³/mol. The second-order valence-electron chi connectivity index (χ2n) is 5.94. The van der Waals surface area contributed by atoms with Crippen molar-refractivity contribution in [2.24, 2.45) is 0 Å². The van der Waals surface area contributed by atoms with Crippen LogP contribution in [0.5, 0.6) is 0 Å². The molecule has 7 nitrogen and oxygen atoms in total. The predicted octanol–water partition coefficient (Wildman–Crippen LogP) is 1.57. The fourth-order valence-corrected chi connectivity index (χ4v) is 4.34. The normalized spacial score (nSPS) is 18.1. The number of amides is 2. The van der Waals surface area contributed by atoms with Crippen LogP contribution in [0.2, 0.25) is 0 Å². The zero-order chi connectivity index (χ0) is 18.2. The summed E-state index contributed by atoms with van der Waals surface area (Å²) < 4.78 is 29.2. The van der Waals surface area contributed by atoms with Crippen LogP contribution in [-0.4, -0.2) is 55.8 Å². The number of sulfone groups is 1. The van der Waals surface area contributed by atoms with E-state index >= 15 is 0 Å². The van der Waals surface area contributed by atoms with Gasteiger partial charge in [-0.1, -0.05) is 12.1 Å². The number of furan rings is 1. The van der Waals surface area contributed by atoms with Crippen molar-refractivity contribution in [3.8, 4) is 0 Å². The van der Waals surface area contributed by atoms with Crippen LogP contribution in [-0.2, 0) is 14.6 Å². The Labute approximate surface area is 153 Å². The molecule has 2 aromatic rings. The number of nitrogens with one attached hydrogen (secondary N) is 1. The zero-order valence-corrected chi connectivity index (χ0v) is 15.9. The Kier molecular flexibility index (Phi) is 4.88. The molecule has 0 spiro atoms. The summed E-state index contributed by atoms with van der Waals surface area (Å²) in [5.41, 5.74) is 0.563. The van der Waals surface area contributed by atoms with Gasteiger partial charge in [0.2, 0.25) is 5.91 Å². The first-order chi connectivity index (χ1) is 11.8. The van der Waals surface area contributed by atoms with Crippen LogP contribution in [0, 0.1) is 0 Å². The molecule has 0 radical (unpaired) electrons. The number of carbonyl (C=O) groups is 2. The van der Waals surface area contributed by atoms with Crippen molar-refractivity contribution in [1.29, 1.82) is 0 Å². The van der Waals surface area contributed by atoms with Crippen molar-refractivity contribution in [3.63, 3.8) is 0 Å². The van der Waals surface area contributed by atoms with Crippen molar-refractivity contribution in [1.82, 2.24) is 10.2 Å². The van der Waals surface area contributed by atoms with E-state index < -0.39 is 21.8 Å². The van der Waals surface area contributed by atoms with E-state index in [1.807, 2.05) is 18.2 Å². The Hall–Kier alpha value is -1.87. The maximum absolute atomic E-state index is 12.4. The molecule has 1 aromatic heterocycles. The number of para-hydroxylation sites is 1. The lowest BCUT2D eigenvalue weighted by Crippen LogP contribution is -2.51. The van der Waals surface area contributed by atoms with Gasteiger partial charge in [-0.05, 0) is 35.0 Å². The number of hydrogen-bond donors (Lipinski definition) is 1. The summed E-state index contributed by atoms with van der Waals surface area (Å²) in [5.74, 6) is -0.773. The first-order valence-electron chi connectivity index (χ1n) is 7.75. The maximum Gasteiger partial charge on any atom is 0.287 e. The molecule has 1 fully saturated rings. The van der Waals surface area contributed by atoms with Crippen LogP contribution in [0.3, 0.4) is 0 Å². The summed E-state index contributed by atoms with van der Waals surface area (Å²) in [5, 5.41) is 3.38. The van der Waals surface area contributed by atoms with Crippen molar-refractivity contribution in [2.75, 3.05) is 24.6 Å². The number of rotatable bonds is 3. The number of hydrogen-bond acceptors (Lipinski definition) is 5. The van der Waals surface area contributed by atoms with E-state index in [0.717, 1.165) is 9.86 Å². The number of halogens is 1. The summed E-state index contributed by atoms with van der Waals surface area (Å²) >= 11 is 3.36. The van der Waals surface area contributed by atoms with Crippen LogP contribution in [0.25, 0.3) is 11.0 Å². The molecular formula is C16H17BrN2O5S. The minimum Gasteiger partial charge on any atom is -0.450 e. The number of benzene rings is 1. The maximum atomic E-state index is 12.4. The Balaban J connectivity index is 1.67. The second-order valence-corrected chi connectivity index (χ2v) is 9.10. The molecule has 2 heterocycles. The van der Waals surface area contributed by atoms with Gasteiger partial charge in [0.1, 0.15) is 11.6 Å². The molecule has 1 aromatic carbocycles. The fourth-order valence-electron chi connectivity index (χ4n) is 2.68. The van der Waals surface area contributed by atoms with Crippen LogP contribution in [0.4, 0.5) is 0 Å². The van der Waals surface area contributed by atoms with Crippen LogP contribution < -0.4 is 5.32 Å². The van der Waals surface area contributed by atoms with Gasteiger partial charge in [-0.25, -0.2) is 8.42 Å². The van der Waals surface area contributed by atoms with Crippen molar-refractivity contribution >= 4 is 48.6 Å². The van der Waals surface area contributed by atoms with Crippen LogP contribution in [0.15, 0.2) is 33.2 Å². The van der Waals surface area contributed by atoms with Gasteiger partial charge >= 0.3 is 0 Å². The van der Waals surface area contributed by atoms with Gasteiger partial charge < -0.3 is 14.6 Å². The Morgan fingerprint density at radius 1 is 1.28 bits per heavy atom. The van der Waals surface area contributed by atoms with Gasteiger partial charge in [0, 0.05) is 18.5 Å². The Morgan fingerprint density at radius 2 is 1.96 bits per heavy atom. The molecule has 1 aliphatic rings. The van der Waals surface area contributed by atoms with Gasteiger partial charge in [0.15, 0.2) is 15.6 Å². The zero-order valence-electron chi connectivity index (χ0n) is 13.5. The topological polar surface area (TPSA) is 96.7 Å². The highest BCUT2D eigenvalue weighted by Crippen LogP contribution is 2.26. The monoisotopic (exact) mass is 428 g/mol. The van der Waals surface area contributed by atoms with Crippen molar-refractivity contribution in [2.45, 2.75) is 13.0 Å². The van der Waals surface area contributed by atoms with E-state index in [-0.39, 0.29) is 36.3 Å². The lowest BCUT2D eigenvalue weighted by Gasteiger charge is -2.29. The summed E-state index contributed by atoms with van der Waals surface area (Å²) in [6.45, 7) is 1.87. The van der Waals surface area contributed by atoms with Gasteiger partial charge in [-0.3, -0.25) is 9.59 Å². The molecule has 1 saturated heterocycles. The molecule has 0 aliphatic carbocycles. The molecule has 9 heteroatoms. The van der Waals surface area contributed by atoms with Crippen molar-refractivity contribution in [3.05, 3.63) is 34.5 Å².